The molecule has 6 atom stereocenters. The summed E-state index contributed by atoms with van der Waals surface area (Å²) >= 11 is 0. The molecule has 0 spiro atoms. The molecule has 2 aliphatic carbocycles. The molecule has 2 bridgehead atoms. The lowest BCUT2D eigenvalue weighted by Crippen LogP contribution is -2.57. The van der Waals surface area contributed by atoms with Crippen LogP contribution in [0.1, 0.15) is 46.0 Å². The molecule has 6 unspecified atom stereocenters. The van der Waals surface area contributed by atoms with Crippen molar-refractivity contribution in [2.75, 3.05) is 0 Å². The van der Waals surface area contributed by atoms with Gasteiger partial charge in [-0.05, 0) is 43.9 Å². The lowest BCUT2D eigenvalue weighted by atomic mass is 9.79. The summed E-state index contributed by atoms with van der Waals surface area (Å²) < 4.78 is 0. The quantitative estimate of drug-likeness (QED) is 0.832. The first-order valence-corrected chi connectivity index (χ1v) is 7.53. The molecule has 0 radical (unpaired) electrons. The minimum atomic E-state index is -0.749. The molecular weight excluding hydrogens is 242 g/mol. The van der Waals surface area contributed by atoms with Crippen molar-refractivity contribution >= 4 is 11.9 Å². The predicted molar refractivity (Wildman–Crippen MR) is 70.5 cm³/mol. The maximum absolute atomic E-state index is 12.4. The SMILES string of the molecule is CC1CC(=O)N(C2CC3CCC2C3)C(C)C1C(=O)O. The third-order valence-electron chi connectivity index (χ3n) is 5.70. The minimum absolute atomic E-state index is 0.0464. The molecule has 1 saturated heterocycles. The fraction of sp³-hybridized carbons (Fsp3) is 0.867. The summed E-state index contributed by atoms with van der Waals surface area (Å²) in [6, 6.07) is 0.161. The van der Waals surface area contributed by atoms with E-state index >= 15 is 0 Å². The van der Waals surface area contributed by atoms with E-state index in [4.69, 9.17) is 0 Å². The summed E-state index contributed by atoms with van der Waals surface area (Å²) in [6.07, 6.45) is 5.26. The van der Waals surface area contributed by atoms with Crippen molar-refractivity contribution in [1.29, 1.82) is 0 Å². The van der Waals surface area contributed by atoms with E-state index in [1.807, 2.05) is 18.7 Å². The average Bonchev–Trinajstić information content (AvgIpc) is 2.89. The molecule has 19 heavy (non-hydrogen) atoms. The topological polar surface area (TPSA) is 57.6 Å². The van der Waals surface area contributed by atoms with Crippen LogP contribution in [0.4, 0.5) is 0 Å². The Morgan fingerprint density at radius 2 is 2.00 bits per heavy atom. The van der Waals surface area contributed by atoms with Crippen LogP contribution in [0.25, 0.3) is 0 Å². The van der Waals surface area contributed by atoms with E-state index in [0.717, 1.165) is 12.3 Å². The lowest BCUT2D eigenvalue weighted by Gasteiger charge is -2.46. The molecule has 0 aromatic carbocycles. The van der Waals surface area contributed by atoms with Gasteiger partial charge in [-0.2, -0.15) is 0 Å². The molecule has 106 valence electrons. The van der Waals surface area contributed by atoms with Gasteiger partial charge in [0.25, 0.3) is 0 Å². The number of carbonyl (C=O) groups excluding carboxylic acids is 1. The second kappa shape index (κ2) is 4.50. The first-order chi connectivity index (χ1) is 8.99. The Kier molecular flexibility index (Phi) is 3.06. The van der Waals surface area contributed by atoms with Crippen molar-refractivity contribution in [2.45, 2.75) is 58.0 Å². The molecule has 4 heteroatoms. The Morgan fingerprint density at radius 1 is 1.26 bits per heavy atom. The number of carbonyl (C=O) groups is 2. The van der Waals surface area contributed by atoms with Gasteiger partial charge in [-0.1, -0.05) is 13.3 Å². The Labute approximate surface area is 114 Å². The summed E-state index contributed by atoms with van der Waals surface area (Å²) in [5, 5.41) is 9.42. The molecule has 0 aromatic heterocycles. The van der Waals surface area contributed by atoms with Gasteiger partial charge in [0, 0.05) is 18.5 Å². The second-order valence-corrected chi connectivity index (χ2v) is 6.83. The third-order valence-corrected chi connectivity index (χ3v) is 5.70. The Morgan fingerprint density at radius 3 is 2.53 bits per heavy atom. The number of hydrogen-bond donors (Lipinski definition) is 1. The number of amides is 1. The molecule has 4 nitrogen and oxygen atoms in total. The Balaban J connectivity index is 1.83. The molecule has 1 aliphatic heterocycles. The van der Waals surface area contributed by atoms with Crippen LogP contribution in [0.2, 0.25) is 0 Å². The highest BCUT2D eigenvalue weighted by Crippen LogP contribution is 2.48. The van der Waals surface area contributed by atoms with Gasteiger partial charge in [0.2, 0.25) is 5.91 Å². The number of rotatable bonds is 2. The second-order valence-electron chi connectivity index (χ2n) is 6.83. The van der Waals surface area contributed by atoms with Crippen LogP contribution in [0.5, 0.6) is 0 Å². The van der Waals surface area contributed by atoms with Gasteiger partial charge in [-0.3, -0.25) is 9.59 Å². The van der Waals surface area contributed by atoms with Crippen molar-refractivity contribution in [3.05, 3.63) is 0 Å². The molecule has 1 heterocycles. The maximum Gasteiger partial charge on any atom is 0.308 e. The third kappa shape index (κ3) is 1.96. The fourth-order valence-corrected chi connectivity index (χ4v) is 4.87. The summed E-state index contributed by atoms with van der Waals surface area (Å²) in [6.45, 7) is 3.82. The first-order valence-electron chi connectivity index (χ1n) is 7.53. The highest BCUT2D eigenvalue weighted by molar-refractivity contribution is 5.82. The summed E-state index contributed by atoms with van der Waals surface area (Å²) in [5.41, 5.74) is 0. The van der Waals surface area contributed by atoms with E-state index in [2.05, 4.69) is 0 Å². The van der Waals surface area contributed by atoms with Crippen molar-refractivity contribution < 1.29 is 14.7 Å². The fourth-order valence-electron chi connectivity index (χ4n) is 4.87. The monoisotopic (exact) mass is 265 g/mol. The smallest absolute Gasteiger partial charge is 0.308 e. The van der Waals surface area contributed by atoms with Gasteiger partial charge in [0.1, 0.15) is 0 Å². The van der Waals surface area contributed by atoms with Crippen molar-refractivity contribution in [2.24, 2.45) is 23.7 Å². The molecular formula is C15H23NO3. The van der Waals surface area contributed by atoms with E-state index in [0.29, 0.717) is 18.4 Å². The molecule has 3 aliphatic rings. The largest absolute Gasteiger partial charge is 0.481 e. The minimum Gasteiger partial charge on any atom is -0.481 e. The number of nitrogens with zero attached hydrogens (tertiary/aromatic N) is 1. The van der Waals surface area contributed by atoms with Crippen LogP contribution < -0.4 is 0 Å². The van der Waals surface area contributed by atoms with Gasteiger partial charge in [0.15, 0.2) is 0 Å². The van der Waals surface area contributed by atoms with E-state index in [9.17, 15) is 14.7 Å². The summed E-state index contributed by atoms with van der Waals surface area (Å²) in [7, 11) is 0. The van der Waals surface area contributed by atoms with Crippen molar-refractivity contribution in [3.8, 4) is 0 Å². The normalized spacial score (nSPS) is 45.8. The number of carboxylic acids is 1. The molecule has 2 saturated carbocycles. The molecule has 1 amide bonds. The standard InChI is InChI=1S/C15H23NO3/c1-8-5-13(17)16(9(2)14(8)15(18)19)12-7-10-3-4-11(12)6-10/h8-12,14H,3-7H2,1-2H3,(H,18,19). The molecule has 1 N–H and O–H groups in total. The predicted octanol–water partition coefficient (Wildman–Crippen LogP) is 2.13. The van der Waals surface area contributed by atoms with Gasteiger partial charge < -0.3 is 10.0 Å². The number of aliphatic carboxylic acids is 1. The van der Waals surface area contributed by atoms with Crippen LogP contribution in [0, 0.1) is 23.7 Å². The van der Waals surface area contributed by atoms with Crippen LogP contribution in [0.3, 0.4) is 0 Å². The van der Waals surface area contributed by atoms with E-state index in [1.54, 1.807) is 0 Å². The Bertz CT molecular complexity index is 408. The molecule has 0 aromatic rings. The van der Waals surface area contributed by atoms with Crippen LogP contribution in [-0.4, -0.2) is 34.0 Å². The van der Waals surface area contributed by atoms with E-state index in [-0.39, 0.29) is 17.9 Å². The van der Waals surface area contributed by atoms with Crippen molar-refractivity contribution in [1.82, 2.24) is 4.90 Å². The highest BCUT2D eigenvalue weighted by atomic mass is 16.4. The number of likely N-dealkylation sites (tertiary alicyclic amines) is 1. The number of carboxylic acid groups (broad SMARTS) is 1. The number of piperidine rings is 1. The molecule has 3 rings (SSSR count). The molecule has 3 fully saturated rings. The van der Waals surface area contributed by atoms with Gasteiger partial charge in [-0.15, -0.1) is 0 Å². The van der Waals surface area contributed by atoms with E-state index in [1.165, 1.54) is 19.3 Å². The van der Waals surface area contributed by atoms with Crippen molar-refractivity contribution in [3.63, 3.8) is 0 Å². The zero-order valence-corrected chi connectivity index (χ0v) is 11.7. The first kappa shape index (κ1) is 12.9. The zero-order valence-electron chi connectivity index (χ0n) is 11.7. The number of hydrogen-bond acceptors (Lipinski definition) is 2. The van der Waals surface area contributed by atoms with Crippen LogP contribution >= 0.6 is 0 Å². The average molecular weight is 265 g/mol. The van der Waals surface area contributed by atoms with Gasteiger partial charge in [0.05, 0.1) is 5.92 Å². The number of fused-ring (bicyclic) bond motifs is 2. The van der Waals surface area contributed by atoms with E-state index < -0.39 is 11.9 Å². The summed E-state index contributed by atoms with van der Waals surface area (Å²) in [5.74, 6) is 0.374. The zero-order chi connectivity index (χ0) is 13.7. The lowest BCUT2D eigenvalue weighted by molar-refractivity contribution is -0.158. The maximum atomic E-state index is 12.4. The van der Waals surface area contributed by atoms with Crippen LogP contribution in [-0.2, 0) is 9.59 Å². The van der Waals surface area contributed by atoms with Gasteiger partial charge in [-0.25, -0.2) is 0 Å². The summed E-state index contributed by atoms with van der Waals surface area (Å²) in [4.78, 5) is 25.8. The highest BCUT2D eigenvalue weighted by Gasteiger charge is 2.50. The van der Waals surface area contributed by atoms with Gasteiger partial charge >= 0.3 is 5.97 Å². The Hall–Kier alpha value is -1.06. The van der Waals surface area contributed by atoms with Crippen LogP contribution in [0.15, 0.2) is 0 Å².